The first-order valence-electron chi connectivity index (χ1n) is 10.7. The summed E-state index contributed by atoms with van der Waals surface area (Å²) < 4.78 is 1.77. The number of aryl methyl sites for hydroxylation is 3. The minimum atomic E-state index is -1.21. The van der Waals surface area contributed by atoms with Crippen molar-refractivity contribution < 1.29 is 24.6 Å². The van der Waals surface area contributed by atoms with E-state index in [1.54, 1.807) is 10.6 Å². The normalized spacial score (nSPS) is 15.6. The molecule has 9 heteroatoms. The average Bonchev–Trinajstić information content (AvgIpc) is 3.27. The average molecular weight is 490 g/mol. The lowest BCUT2D eigenvalue weighted by Crippen LogP contribution is -2.19. The highest BCUT2D eigenvalue weighted by molar-refractivity contribution is 8.18. The molecule has 0 bridgehead atoms. The van der Waals surface area contributed by atoms with E-state index in [1.807, 2.05) is 52.0 Å². The highest BCUT2D eigenvalue weighted by Crippen LogP contribution is 2.31. The maximum absolute atomic E-state index is 12.6. The third kappa shape index (κ3) is 4.90. The van der Waals surface area contributed by atoms with Gasteiger partial charge in [0.25, 0.3) is 5.91 Å². The van der Waals surface area contributed by atoms with Crippen molar-refractivity contribution in [1.82, 2.24) is 9.88 Å². The molecular formula is C26H23N3O5S. The highest BCUT2D eigenvalue weighted by atomic mass is 32.2. The molecule has 178 valence electrons. The van der Waals surface area contributed by atoms with E-state index in [0.29, 0.717) is 15.8 Å². The summed E-state index contributed by atoms with van der Waals surface area (Å²) in [5.74, 6) is -2.69. The number of amides is 1. The predicted molar refractivity (Wildman–Crippen MR) is 136 cm³/mol. The van der Waals surface area contributed by atoms with E-state index < -0.39 is 11.9 Å². The summed E-state index contributed by atoms with van der Waals surface area (Å²) >= 11 is 1.24. The number of nitrogens with zero attached hydrogens (tertiary/aromatic N) is 2. The second kappa shape index (κ2) is 9.27. The van der Waals surface area contributed by atoms with Crippen LogP contribution in [0.3, 0.4) is 0 Å². The largest absolute Gasteiger partial charge is 0.478 e. The van der Waals surface area contributed by atoms with Crippen molar-refractivity contribution in [2.24, 2.45) is 4.99 Å². The Bertz CT molecular complexity index is 1430. The van der Waals surface area contributed by atoms with Crippen molar-refractivity contribution in [3.8, 4) is 5.69 Å². The van der Waals surface area contributed by atoms with E-state index >= 15 is 0 Å². The first kappa shape index (κ1) is 24.0. The van der Waals surface area contributed by atoms with Crippen LogP contribution in [0.25, 0.3) is 11.8 Å². The van der Waals surface area contributed by atoms with Gasteiger partial charge < -0.3 is 20.1 Å². The number of aliphatic imine (C=N–C) groups is 1. The fourth-order valence-electron chi connectivity index (χ4n) is 3.98. The van der Waals surface area contributed by atoms with Crippen LogP contribution in [0.5, 0.6) is 0 Å². The summed E-state index contributed by atoms with van der Waals surface area (Å²) in [4.78, 5) is 40.7. The van der Waals surface area contributed by atoms with Crippen LogP contribution in [0.15, 0.2) is 52.4 Å². The van der Waals surface area contributed by atoms with E-state index in [2.05, 4.69) is 10.3 Å². The Morgan fingerprint density at radius 3 is 2.23 bits per heavy atom. The Labute approximate surface area is 206 Å². The molecule has 0 atom stereocenters. The van der Waals surface area contributed by atoms with Gasteiger partial charge in [0.1, 0.15) is 0 Å². The number of aromatic nitrogens is 1. The molecule has 2 aromatic carbocycles. The van der Waals surface area contributed by atoms with Crippen LogP contribution in [0.2, 0.25) is 0 Å². The molecule has 0 radical (unpaired) electrons. The number of rotatable bonds is 5. The number of aromatic carboxylic acids is 2. The Morgan fingerprint density at radius 2 is 1.63 bits per heavy atom. The molecule has 2 heterocycles. The first-order valence-corrected chi connectivity index (χ1v) is 11.5. The van der Waals surface area contributed by atoms with Gasteiger partial charge in [-0.1, -0.05) is 17.7 Å². The molecule has 0 spiro atoms. The van der Waals surface area contributed by atoms with Gasteiger partial charge in [0.2, 0.25) is 0 Å². The van der Waals surface area contributed by atoms with Crippen molar-refractivity contribution in [3.63, 3.8) is 0 Å². The molecule has 1 amide bonds. The molecule has 0 aliphatic carbocycles. The quantitative estimate of drug-likeness (QED) is 0.434. The molecule has 1 aliphatic rings. The predicted octanol–water partition coefficient (Wildman–Crippen LogP) is 5.00. The molecule has 1 fully saturated rings. The highest BCUT2D eigenvalue weighted by Gasteiger charge is 2.25. The van der Waals surface area contributed by atoms with Gasteiger partial charge >= 0.3 is 11.9 Å². The van der Waals surface area contributed by atoms with E-state index in [4.69, 9.17) is 0 Å². The monoisotopic (exact) mass is 489 g/mol. The van der Waals surface area contributed by atoms with Gasteiger partial charge in [-0.15, -0.1) is 0 Å². The summed E-state index contributed by atoms with van der Waals surface area (Å²) in [5.41, 5.74) is 5.37. The first-order chi connectivity index (χ1) is 16.5. The molecule has 35 heavy (non-hydrogen) atoms. The maximum Gasteiger partial charge on any atom is 0.335 e. The molecule has 8 nitrogen and oxygen atoms in total. The number of carboxylic acid groups (broad SMARTS) is 2. The minimum Gasteiger partial charge on any atom is -0.478 e. The Hall–Kier alpha value is -4.11. The number of amidine groups is 1. The summed E-state index contributed by atoms with van der Waals surface area (Å²) in [6.45, 7) is 7.63. The fraction of sp³-hybridized carbons (Fsp3) is 0.154. The zero-order chi connectivity index (χ0) is 25.4. The van der Waals surface area contributed by atoms with Crippen LogP contribution in [0, 0.1) is 27.7 Å². The van der Waals surface area contributed by atoms with Crippen molar-refractivity contribution >= 4 is 46.5 Å². The number of carbonyl (C=O) groups is 3. The van der Waals surface area contributed by atoms with E-state index in [-0.39, 0.29) is 17.0 Å². The van der Waals surface area contributed by atoms with E-state index in [9.17, 15) is 24.6 Å². The molecule has 3 N–H and O–H groups in total. The van der Waals surface area contributed by atoms with Crippen LogP contribution in [-0.2, 0) is 4.79 Å². The van der Waals surface area contributed by atoms with E-state index in [1.165, 1.54) is 23.9 Å². The van der Waals surface area contributed by atoms with Crippen LogP contribution < -0.4 is 5.32 Å². The summed E-state index contributed by atoms with van der Waals surface area (Å²) in [5, 5.41) is 22.1. The number of hydrogen-bond donors (Lipinski definition) is 3. The van der Waals surface area contributed by atoms with Gasteiger partial charge in [-0.3, -0.25) is 4.79 Å². The summed E-state index contributed by atoms with van der Waals surface area (Å²) in [6.07, 6.45) is 1.75. The molecule has 4 rings (SSSR count). The Morgan fingerprint density at radius 1 is 0.971 bits per heavy atom. The maximum atomic E-state index is 12.6. The lowest BCUT2D eigenvalue weighted by atomic mass is 10.1. The van der Waals surface area contributed by atoms with Crippen molar-refractivity contribution in [2.75, 3.05) is 0 Å². The number of carboxylic acids is 2. The molecule has 1 aliphatic heterocycles. The molecule has 3 aromatic rings. The molecule has 1 saturated heterocycles. The Balaban J connectivity index is 1.70. The van der Waals surface area contributed by atoms with Crippen LogP contribution >= 0.6 is 11.8 Å². The summed E-state index contributed by atoms with van der Waals surface area (Å²) in [6, 6.07) is 11.8. The van der Waals surface area contributed by atoms with Gasteiger partial charge in [0, 0.05) is 17.1 Å². The number of carbonyl (C=O) groups excluding carboxylic acids is 1. The third-order valence-electron chi connectivity index (χ3n) is 5.65. The summed E-state index contributed by atoms with van der Waals surface area (Å²) in [7, 11) is 0. The smallest absolute Gasteiger partial charge is 0.335 e. The minimum absolute atomic E-state index is 0.120. The molecule has 1 aromatic heterocycles. The fourth-order valence-corrected chi connectivity index (χ4v) is 4.81. The van der Waals surface area contributed by atoms with Crippen molar-refractivity contribution in [2.45, 2.75) is 27.7 Å². The lowest BCUT2D eigenvalue weighted by Gasteiger charge is -2.12. The van der Waals surface area contributed by atoms with Gasteiger partial charge in [-0.25, -0.2) is 14.6 Å². The SMILES string of the molecule is Cc1ccc(N=C2NC(=O)/C(=C/c3cc(C)n(-c4cc(C(=O)O)cc(C(=O)O)c4)c3C)S2)c(C)c1. The number of thioether (sulfide) groups is 1. The second-order valence-electron chi connectivity index (χ2n) is 8.31. The van der Waals surface area contributed by atoms with Gasteiger partial charge in [-0.2, -0.15) is 0 Å². The van der Waals surface area contributed by atoms with Crippen LogP contribution in [0.1, 0.15) is 48.8 Å². The zero-order valence-corrected chi connectivity index (χ0v) is 20.4. The number of nitrogens with one attached hydrogen (secondary N) is 1. The lowest BCUT2D eigenvalue weighted by molar-refractivity contribution is -0.115. The topological polar surface area (TPSA) is 121 Å². The van der Waals surface area contributed by atoms with Crippen LogP contribution in [-0.4, -0.2) is 37.8 Å². The van der Waals surface area contributed by atoms with Crippen LogP contribution in [0.4, 0.5) is 5.69 Å². The van der Waals surface area contributed by atoms with Gasteiger partial charge in [0.05, 0.1) is 21.7 Å². The molecule has 0 saturated carbocycles. The zero-order valence-electron chi connectivity index (χ0n) is 19.5. The number of hydrogen-bond acceptors (Lipinski definition) is 5. The van der Waals surface area contributed by atoms with Gasteiger partial charge in [0.15, 0.2) is 5.17 Å². The molecular weight excluding hydrogens is 466 g/mol. The third-order valence-corrected chi connectivity index (χ3v) is 6.56. The standard InChI is InChI=1S/C26H23N3O5S/c1-13-5-6-21(14(2)7-13)27-26-28-23(30)22(35-26)12-17-8-15(3)29(16(17)4)20-10-18(24(31)32)9-19(11-20)25(33)34/h5-12H,1-4H3,(H,31,32)(H,33,34)(H,27,28,30)/b22-12-. The van der Waals surface area contributed by atoms with Gasteiger partial charge in [-0.05, 0) is 87.0 Å². The number of benzene rings is 2. The van der Waals surface area contributed by atoms with Crippen molar-refractivity contribution in [3.05, 3.63) is 86.6 Å². The molecule has 0 unspecified atom stereocenters. The van der Waals surface area contributed by atoms with Crippen molar-refractivity contribution in [1.29, 1.82) is 0 Å². The van der Waals surface area contributed by atoms with E-state index in [0.717, 1.165) is 39.8 Å². The Kier molecular flexibility index (Phi) is 6.36. The second-order valence-corrected chi connectivity index (χ2v) is 9.34.